The van der Waals surface area contributed by atoms with E-state index < -0.39 is 9.84 Å². The van der Waals surface area contributed by atoms with E-state index in [2.05, 4.69) is 15.6 Å². The van der Waals surface area contributed by atoms with Gasteiger partial charge in [0.1, 0.15) is 11.6 Å². The molecule has 3 rings (SSSR count). The maximum absolute atomic E-state index is 12.4. The molecule has 1 saturated heterocycles. The van der Waals surface area contributed by atoms with Crippen molar-refractivity contribution in [2.24, 2.45) is 0 Å². The number of ether oxygens (including phenoxy) is 1. The normalized spacial score (nSPS) is 18.3. The maximum Gasteiger partial charge on any atom is 0.251 e. The Labute approximate surface area is 152 Å². The van der Waals surface area contributed by atoms with E-state index in [1.165, 1.54) is 6.20 Å². The largest absolute Gasteiger partial charge is 0.494 e. The lowest BCUT2D eigenvalue weighted by Crippen LogP contribution is -2.35. The number of aromatic nitrogens is 1. The van der Waals surface area contributed by atoms with Gasteiger partial charge >= 0.3 is 0 Å². The second-order valence-electron chi connectivity index (χ2n) is 6.09. The van der Waals surface area contributed by atoms with Gasteiger partial charge in [-0.2, -0.15) is 0 Å². The van der Waals surface area contributed by atoms with Gasteiger partial charge in [0.25, 0.3) is 5.91 Å². The first-order valence-electron chi connectivity index (χ1n) is 8.42. The first-order valence-corrected chi connectivity index (χ1v) is 10.2. The smallest absolute Gasteiger partial charge is 0.251 e. The molecule has 138 valence electrons. The highest BCUT2D eigenvalue weighted by Gasteiger charge is 2.29. The summed E-state index contributed by atoms with van der Waals surface area (Å²) in [5.74, 6) is 1.13. The summed E-state index contributed by atoms with van der Waals surface area (Å²) >= 11 is 0. The summed E-state index contributed by atoms with van der Waals surface area (Å²) in [7, 11) is -3.03. The van der Waals surface area contributed by atoms with Crippen molar-refractivity contribution in [3.63, 3.8) is 0 Å². The average Bonchev–Trinajstić information content (AvgIpc) is 2.95. The van der Waals surface area contributed by atoms with Crippen molar-refractivity contribution in [1.29, 1.82) is 0 Å². The zero-order valence-corrected chi connectivity index (χ0v) is 15.3. The standard InChI is InChI=1S/C18H21N3O4S/c1-2-25-16-5-3-14(4-6-16)20-17-11-13(7-9-19-17)18(22)21-15-8-10-26(23,24)12-15/h3-7,9,11,15H,2,8,10,12H2,1H3,(H,19,20)(H,21,22). The third-order valence-electron chi connectivity index (χ3n) is 4.03. The van der Waals surface area contributed by atoms with E-state index in [1.54, 1.807) is 12.1 Å². The predicted octanol–water partition coefficient (Wildman–Crippen LogP) is 2.14. The SMILES string of the molecule is CCOc1ccc(Nc2cc(C(=O)NC3CCS(=O)(=O)C3)ccn2)cc1. The van der Waals surface area contributed by atoms with Crippen molar-refractivity contribution in [3.05, 3.63) is 48.2 Å². The number of anilines is 2. The number of nitrogens with one attached hydrogen (secondary N) is 2. The molecule has 0 aliphatic carbocycles. The zero-order valence-electron chi connectivity index (χ0n) is 14.4. The number of nitrogens with zero attached hydrogens (tertiary/aromatic N) is 1. The van der Waals surface area contributed by atoms with Gasteiger partial charge in [0.15, 0.2) is 9.84 Å². The summed E-state index contributed by atoms with van der Waals surface area (Å²) in [6.07, 6.45) is 1.99. The van der Waals surface area contributed by atoms with E-state index in [-0.39, 0.29) is 23.5 Å². The van der Waals surface area contributed by atoms with E-state index in [0.717, 1.165) is 11.4 Å². The number of benzene rings is 1. The van der Waals surface area contributed by atoms with Gasteiger partial charge in [-0.15, -0.1) is 0 Å². The van der Waals surface area contributed by atoms with Gasteiger partial charge in [0.05, 0.1) is 18.1 Å². The van der Waals surface area contributed by atoms with Crippen LogP contribution in [-0.4, -0.2) is 43.5 Å². The summed E-state index contributed by atoms with van der Waals surface area (Å²) < 4.78 is 28.4. The monoisotopic (exact) mass is 375 g/mol. The molecule has 1 fully saturated rings. The van der Waals surface area contributed by atoms with Crippen molar-refractivity contribution < 1.29 is 17.9 Å². The van der Waals surface area contributed by atoms with Crippen LogP contribution < -0.4 is 15.4 Å². The fourth-order valence-corrected chi connectivity index (χ4v) is 4.44. The van der Waals surface area contributed by atoms with Crippen LogP contribution in [0.3, 0.4) is 0 Å². The Morgan fingerprint density at radius 1 is 1.27 bits per heavy atom. The van der Waals surface area contributed by atoms with Crippen LogP contribution in [0.5, 0.6) is 5.75 Å². The first kappa shape index (κ1) is 18.2. The Hall–Kier alpha value is -2.61. The van der Waals surface area contributed by atoms with E-state index >= 15 is 0 Å². The fourth-order valence-electron chi connectivity index (χ4n) is 2.77. The number of rotatable bonds is 6. The van der Waals surface area contributed by atoms with Crippen molar-refractivity contribution >= 4 is 27.2 Å². The lowest BCUT2D eigenvalue weighted by atomic mass is 10.2. The Balaban J connectivity index is 1.65. The third-order valence-corrected chi connectivity index (χ3v) is 5.80. The zero-order chi connectivity index (χ0) is 18.6. The predicted molar refractivity (Wildman–Crippen MR) is 99.7 cm³/mol. The Bertz CT molecular complexity index is 882. The molecule has 8 heteroatoms. The Morgan fingerprint density at radius 3 is 2.69 bits per heavy atom. The molecule has 0 saturated carbocycles. The summed E-state index contributed by atoms with van der Waals surface area (Å²) in [5, 5.41) is 5.91. The van der Waals surface area contributed by atoms with Gasteiger partial charge in [0.2, 0.25) is 0 Å². The van der Waals surface area contributed by atoms with Crippen LogP contribution >= 0.6 is 0 Å². The number of hydrogen-bond donors (Lipinski definition) is 2. The highest BCUT2D eigenvalue weighted by Crippen LogP contribution is 2.20. The van der Waals surface area contributed by atoms with Gasteiger partial charge in [-0.25, -0.2) is 13.4 Å². The first-order chi connectivity index (χ1) is 12.4. The molecule has 1 aromatic carbocycles. The molecule has 2 aromatic rings. The molecule has 1 aromatic heterocycles. The molecule has 1 atom stereocenters. The minimum atomic E-state index is -3.03. The molecule has 1 unspecified atom stereocenters. The highest BCUT2D eigenvalue weighted by atomic mass is 32.2. The minimum Gasteiger partial charge on any atom is -0.494 e. The number of carbonyl (C=O) groups is 1. The van der Waals surface area contributed by atoms with Crippen molar-refractivity contribution in [2.45, 2.75) is 19.4 Å². The molecule has 26 heavy (non-hydrogen) atoms. The van der Waals surface area contributed by atoms with Gasteiger partial charge in [-0.05, 0) is 49.7 Å². The molecular formula is C18H21N3O4S. The molecule has 1 aliphatic rings. The number of hydrogen-bond acceptors (Lipinski definition) is 6. The van der Waals surface area contributed by atoms with Crippen LogP contribution in [0.25, 0.3) is 0 Å². The molecule has 2 heterocycles. The minimum absolute atomic E-state index is 0.00110. The lowest BCUT2D eigenvalue weighted by molar-refractivity contribution is 0.0941. The molecule has 1 aliphatic heterocycles. The van der Waals surface area contributed by atoms with E-state index in [4.69, 9.17) is 4.74 Å². The van der Waals surface area contributed by atoms with Crippen LogP contribution in [0.15, 0.2) is 42.6 Å². The third kappa shape index (κ3) is 4.72. The van der Waals surface area contributed by atoms with Crippen LogP contribution in [0.1, 0.15) is 23.7 Å². The summed E-state index contributed by atoms with van der Waals surface area (Å²) in [6.45, 7) is 2.53. The van der Waals surface area contributed by atoms with Crippen LogP contribution in [-0.2, 0) is 9.84 Å². The van der Waals surface area contributed by atoms with Crippen LogP contribution in [0.2, 0.25) is 0 Å². The van der Waals surface area contributed by atoms with E-state index in [1.807, 2.05) is 31.2 Å². The molecule has 7 nitrogen and oxygen atoms in total. The second kappa shape index (κ2) is 7.74. The van der Waals surface area contributed by atoms with Gasteiger partial charge < -0.3 is 15.4 Å². The topological polar surface area (TPSA) is 97.4 Å². The molecular weight excluding hydrogens is 354 g/mol. The summed E-state index contributed by atoms with van der Waals surface area (Å²) in [4.78, 5) is 16.6. The molecule has 0 bridgehead atoms. The fraction of sp³-hybridized carbons (Fsp3) is 0.333. The highest BCUT2D eigenvalue weighted by molar-refractivity contribution is 7.91. The Kier molecular flexibility index (Phi) is 5.41. The molecule has 0 spiro atoms. The molecule has 0 radical (unpaired) electrons. The maximum atomic E-state index is 12.4. The lowest BCUT2D eigenvalue weighted by Gasteiger charge is -2.12. The van der Waals surface area contributed by atoms with Gasteiger partial charge in [-0.3, -0.25) is 4.79 Å². The second-order valence-corrected chi connectivity index (χ2v) is 8.31. The Morgan fingerprint density at radius 2 is 2.04 bits per heavy atom. The average molecular weight is 375 g/mol. The summed E-state index contributed by atoms with van der Waals surface area (Å²) in [6, 6.07) is 10.3. The van der Waals surface area contributed by atoms with Crippen LogP contribution in [0, 0.1) is 0 Å². The van der Waals surface area contributed by atoms with Crippen molar-refractivity contribution in [1.82, 2.24) is 10.3 Å². The number of pyridine rings is 1. The van der Waals surface area contributed by atoms with E-state index in [9.17, 15) is 13.2 Å². The number of carbonyl (C=O) groups excluding carboxylic acids is 1. The van der Waals surface area contributed by atoms with Gasteiger partial charge in [-0.1, -0.05) is 0 Å². The van der Waals surface area contributed by atoms with Crippen LogP contribution in [0.4, 0.5) is 11.5 Å². The van der Waals surface area contributed by atoms with Crippen molar-refractivity contribution in [3.8, 4) is 5.75 Å². The molecule has 1 amide bonds. The molecule has 2 N–H and O–H groups in total. The quantitative estimate of drug-likeness (QED) is 0.803. The van der Waals surface area contributed by atoms with E-state index in [0.29, 0.717) is 24.4 Å². The number of amides is 1. The van der Waals surface area contributed by atoms with Crippen molar-refractivity contribution in [2.75, 3.05) is 23.4 Å². The number of sulfone groups is 1. The van der Waals surface area contributed by atoms with Gasteiger partial charge in [0, 0.05) is 23.5 Å². The summed E-state index contributed by atoms with van der Waals surface area (Å²) in [5.41, 5.74) is 1.25.